The molecule has 0 amide bonds. The molecular weight excluding hydrogens is 228 g/mol. The molecule has 2 rings (SSSR count). The van der Waals surface area contributed by atoms with Gasteiger partial charge in [0, 0.05) is 6.42 Å². The second-order valence-corrected chi connectivity index (χ2v) is 5.39. The van der Waals surface area contributed by atoms with Gasteiger partial charge in [-0.2, -0.15) is 0 Å². The van der Waals surface area contributed by atoms with Gasteiger partial charge in [-0.3, -0.25) is 0 Å². The summed E-state index contributed by atoms with van der Waals surface area (Å²) in [6.45, 7) is 6.03. The summed E-state index contributed by atoms with van der Waals surface area (Å²) in [6, 6.07) is 9.77. The Hall–Kier alpha value is -1.16. The fourth-order valence-electron chi connectivity index (χ4n) is 2.44. The van der Waals surface area contributed by atoms with Gasteiger partial charge in [0.1, 0.15) is 5.60 Å². The molecule has 1 aromatic carbocycles. The third kappa shape index (κ3) is 2.64. The Morgan fingerprint density at radius 3 is 2.44 bits per heavy atom. The van der Waals surface area contributed by atoms with E-state index in [1.807, 2.05) is 30.3 Å². The predicted octanol–water partition coefficient (Wildman–Crippen LogP) is 2.04. The molecule has 0 saturated heterocycles. The smallest absolute Gasteiger partial charge is 0.120 e. The van der Waals surface area contributed by atoms with Gasteiger partial charge in [-0.25, -0.2) is 0 Å². The Bertz CT molecular complexity index is 425. The summed E-state index contributed by atoms with van der Waals surface area (Å²) in [4.78, 5) is 0. The molecule has 0 radical (unpaired) electrons. The lowest BCUT2D eigenvalue weighted by Gasteiger charge is -2.34. The van der Waals surface area contributed by atoms with Gasteiger partial charge >= 0.3 is 0 Å². The number of ether oxygens (including phenoxy) is 1. The second kappa shape index (κ2) is 4.84. The van der Waals surface area contributed by atoms with E-state index in [-0.39, 0.29) is 6.61 Å². The van der Waals surface area contributed by atoms with E-state index >= 15 is 0 Å². The van der Waals surface area contributed by atoms with Crippen LogP contribution in [0.2, 0.25) is 0 Å². The maximum absolute atomic E-state index is 10.4. The first kappa shape index (κ1) is 13.3. The molecule has 1 saturated carbocycles. The van der Waals surface area contributed by atoms with Gasteiger partial charge in [0.2, 0.25) is 0 Å². The normalized spacial score (nSPS) is 31.8. The standard InChI is InChI=1S/C15H20O3/c1-12-8-14(2,16)15(17,9-12)11-18-10-13-6-4-3-5-7-13/h3-7,16-17H,1,8-11H2,2H3. The SMILES string of the molecule is C=C1CC(C)(O)C(O)(COCc2ccccc2)C1. The monoisotopic (exact) mass is 248 g/mol. The van der Waals surface area contributed by atoms with E-state index in [4.69, 9.17) is 4.74 Å². The van der Waals surface area contributed by atoms with Crippen molar-refractivity contribution in [1.82, 2.24) is 0 Å². The zero-order valence-corrected chi connectivity index (χ0v) is 10.7. The Morgan fingerprint density at radius 2 is 1.89 bits per heavy atom. The molecule has 0 heterocycles. The van der Waals surface area contributed by atoms with Crippen molar-refractivity contribution >= 4 is 0 Å². The van der Waals surface area contributed by atoms with Crippen LogP contribution in [0, 0.1) is 0 Å². The zero-order chi connectivity index (χ0) is 13.2. The first-order valence-electron chi connectivity index (χ1n) is 6.16. The Morgan fingerprint density at radius 1 is 1.22 bits per heavy atom. The zero-order valence-electron chi connectivity index (χ0n) is 10.7. The average molecular weight is 248 g/mol. The number of hydrogen-bond acceptors (Lipinski definition) is 3. The molecule has 18 heavy (non-hydrogen) atoms. The fraction of sp³-hybridized carbons (Fsp3) is 0.467. The third-order valence-corrected chi connectivity index (χ3v) is 3.59. The lowest BCUT2D eigenvalue weighted by Crippen LogP contribution is -2.51. The fourth-order valence-corrected chi connectivity index (χ4v) is 2.44. The average Bonchev–Trinajstić information content (AvgIpc) is 2.49. The Labute approximate surface area is 108 Å². The molecule has 98 valence electrons. The molecule has 2 N–H and O–H groups in total. The first-order chi connectivity index (χ1) is 8.43. The van der Waals surface area contributed by atoms with Crippen molar-refractivity contribution in [3.8, 4) is 0 Å². The molecule has 0 bridgehead atoms. The quantitative estimate of drug-likeness (QED) is 0.802. The maximum Gasteiger partial charge on any atom is 0.120 e. The third-order valence-electron chi connectivity index (χ3n) is 3.59. The number of hydrogen-bond donors (Lipinski definition) is 2. The maximum atomic E-state index is 10.4. The molecular formula is C15H20O3. The van der Waals surface area contributed by atoms with E-state index in [1.54, 1.807) is 6.92 Å². The largest absolute Gasteiger partial charge is 0.387 e. The number of benzene rings is 1. The molecule has 3 heteroatoms. The molecule has 1 aliphatic rings. The van der Waals surface area contributed by atoms with Crippen molar-refractivity contribution in [3.63, 3.8) is 0 Å². The summed E-state index contributed by atoms with van der Waals surface area (Å²) in [5, 5.41) is 20.6. The van der Waals surface area contributed by atoms with Crippen LogP contribution in [0.4, 0.5) is 0 Å². The van der Waals surface area contributed by atoms with Crippen LogP contribution in [0.5, 0.6) is 0 Å². The topological polar surface area (TPSA) is 49.7 Å². The van der Waals surface area contributed by atoms with Crippen LogP contribution in [-0.2, 0) is 11.3 Å². The highest BCUT2D eigenvalue weighted by molar-refractivity contribution is 5.20. The van der Waals surface area contributed by atoms with E-state index < -0.39 is 11.2 Å². The number of aliphatic hydroxyl groups is 2. The molecule has 0 spiro atoms. The van der Waals surface area contributed by atoms with Gasteiger partial charge < -0.3 is 14.9 Å². The molecule has 2 atom stereocenters. The number of rotatable bonds is 4. The summed E-state index contributed by atoms with van der Waals surface area (Å²) in [7, 11) is 0. The lowest BCUT2D eigenvalue weighted by molar-refractivity contribution is -0.156. The van der Waals surface area contributed by atoms with Crippen molar-refractivity contribution in [2.75, 3.05) is 6.61 Å². The van der Waals surface area contributed by atoms with Crippen LogP contribution < -0.4 is 0 Å². The van der Waals surface area contributed by atoms with E-state index in [2.05, 4.69) is 6.58 Å². The van der Waals surface area contributed by atoms with Crippen LogP contribution in [-0.4, -0.2) is 28.0 Å². The Kier molecular flexibility index (Phi) is 3.57. The van der Waals surface area contributed by atoms with Gasteiger partial charge in [-0.05, 0) is 18.9 Å². The van der Waals surface area contributed by atoms with Gasteiger partial charge in [0.25, 0.3) is 0 Å². The first-order valence-corrected chi connectivity index (χ1v) is 6.16. The van der Waals surface area contributed by atoms with E-state index in [9.17, 15) is 10.2 Å². The van der Waals surface area contributed by atoms with Crippen molar-refractivity contribution in [2.45, 2.75) is 37.6 Å². The van der Waals surface area contributed by atoms with Gasteiger partial charge in [0.05, 0.1) is 18.8 Å². The van der Waals surface area contributed by atoms with Crippen molar-refractivity contribution in [2.24, 2.45) is 0 Å². The highest BCUT2D eigenvalue weighted by Gasteiger charge is 2.51. The predicted molar refractivity (Wildman–Crippen MR) is 70.0 cm³/mol. The summed E-state index contributed by atoms with van der Waals surface area (Å²) >= 11 is 0. The van der Waals surface area contributed by atoms with Crippen LogP contribution in [0.25, 0.3) is 0 Å². The van der Waals surface area contributed by atoms with Crippen LogP contribution in [0.15, 0.2) is 42.5 Å². The van der Waals surface area contributed by atoms with Crippen molar-refractivity contribution in [3.05, 3.63) is 48.0 Å². The van der Waals surface area contributed by atoms with Crippen LogP contribution >= 0.6 is 0 Å². The minimum atomic E-state index is -1.22. The highest BCUT2D eigenvalue weighted by Crippen LogP contribution is 2.41. The summed E-state index contributed by atoms with van der Waals surface area (Å²) in [6.07, 6.45) is 0.826. The van der Waals surface area contributed by atoms with E-state index in [1.165, 1.54) is 0 Å². The molecule has 1 fully saturated rings. The van der Waals surface area contributed by atoms with Gasteiger partial charge in [-0.15, -0.1) is 0 Å². The highest BCUT2D eigenvalue weighted by atomic mass is 16.5. The van der Waals surface area contributed by atoms with Gasteiger partial charge in [0.15, 0.2) is 0 Å². The van der Waals surface area contributed by atoms with Crippen molar-refractivity contribution in [1.29, 1.82) is 0 Å². The second-order valence-electron chi connectivity index (χ2n) is 5.39. The van der Waals surface area contributed by atoms with Crippen LogP contribution in [0.3, 0.4) is 0 Å². The van der Waals surface area contributed by atoms with Gasteiger partial charge in [-0.1, -0.05) is 42.5 Å². The molecule has 2 unspecified atom stereocenters. The minimum Gasteiger partial charge on any atom is -0.387 e. The molecule has 0 aromatic heterocycles. The van der Waals surface area contributed by atoms with E-state index in [0.29, 0.717) is 19.4 Å². The molecule has 1 aliphatic carbocycles. The summed E-state index contributed by atoms with van der Waals surface area (Å²) in [5.74, 6) is 0. The Balaban J connectivity index is 1.92. The molecule has 3 nitrogen and oxygen atoms in total. The summed E-state index contributed by atoms with van der Waals surface area (Å²) < 4.78 is 5.54. The van der Waals surface area contributed by atoms with Crippen molar-refractivity contribution < 1.29 is 14.9 Å². The minimum absolute atomic E-state index is 0.119. The lowest BCUT2D eigenvalue weighted by atomic mass is 9.89. The van der Waals surface area contributed by atoms with E-state index in [0.717, 1.165) is 11.1 Å². The van der Waals surface area contributed by atoms with Crippen LogP contribution in [0.1, 0.15) is 25.3 Å². The summed E-state index contributed by atoms with van der Waals surface area (Å²) in [5.41, 5.74) is -0.456. The molecule has 0 aliphatic heterocycles. The molecule has 1 aromatic rings.